The molecule has 0 bridgehead atoms. The maximum atomic E-state index is 6.70. The summed E-state index contributed by atoms with van der Waals surface area (Å²) in [5, 5.41) is 0. The normalized spacial score (nSPS) is 31.2. The molecule has 2 nitrogen and oxygen atoms in total. The van der Waals surface area contributed by atoms with Crippen LogP contribution >= 0.6 is 0 Å². The first kappa shape index (κ1) is 15.1. The van der Waals surface area contributed by atoms with Crippen molar-refractivity contribution >= 4 is 0 Å². The largest absolute Gasteiger partial charge is 0.323 e. The van der Waals surface area contributed by atoms with Crippen LogP contribution in [0.1, 0.15) is 62.6 Å². The average molecular weight is 286 g/mol. The van der Waals surface area contributed by atoms with E-state index < -0.39 is 0 Å². The van der Waals surface area contributed by atoms with Crippen molar-refractivity contribution in [3.63, 3.8) is 0 Å². The summed E-state index contributed by atoms with van der Waals surface area (Å²) in [5.41, 5.74) is 9.58. The van der Waals surface area contributed by atoms with E-state index in [-0.39, 0.29) is 6.04 Å². The van der Waals surface area contributed by atoms with E-state index in [1.165, 1.54) is 69.2 Å². The van der Waals surface area contributed by atoms with E-state index in [0.717, 1.165) is 5.92 Å². The molecule has 0 amide bonds. The lowest BCUT2D eigenvalue weighted by Gasteiger charge is -2.34. The number of hydrogen-bond donors (Lipinski definition) is 1. The molecule has 116 valence electrons. The van der Waals surface area contributed by atoms with Gasteiger partial charge in [-0.25, -0.2) is 0 Å². The van der Waals surface area contributed by atoms with Gasteiger partial charge in [0.25, 0.3) is 0 Å². The van der Waals surface area contributed by atoms with Crippen molar-refractivity contribution in [3.05, 3.63) is 35.4 Å². The van der Waals surface area contributed by atoms with Crippen LogP contribution in [0.3, 0.4) is 0 Å². The molecule has 0 saturated carbocycles. The van der Waals surface area contributed by atoms with Crippen molar-refractivity contribution in [1.82, 2.24) is 4.90 Å². The van der Waals surface area contributed by atoms with Crippen molar-refractivity contribution in [2.75, 3.05) is 13.1 Å². The lowest BCUT2D eigenvalue weighted by Crippen LogP contribution is -2.43. The predicted molar refractivity (Wildman–Crippen MR) is 89.3 cm³/mol. The summed E-state index contributed by atoms with van der Waals surface area (Å²) in [6.07, 6.45) is 9.20. The van der Waals surface area contributed by atoms with Gasteiger partial charge in [-0.15, -0.1) is 0 Å². The molecule has 1 saturated heterocycles. The molecule has 1 heterocycles. The Morgan fingerprint density at radius 1 is 1.10 bits per heavy atom. The van der Waals surface area contributed by atoms with E-state index in [1.54, 1.807) is 0 Å². The summed E-state index contributed by atoms with van der Waals surface area (Å²) in [6, 6.07) is 9.57. The smallest absolute Gasteiger partial charge is 0.0455 e. The zero-order chi connectivity index (χ0) is 14.7. The molecule has 21 heavy (non-hydrogen) atoms. The Bertz CT molecular complexity index is 457. The second kappa shape index (κ2) is 6.93. The number of nitrogens with two attached hydrogens (primary N) is 1. The lowest BCUT2D eigenvalue weighted by atomic mass is 9.95. The topological polar surface area (TPSA) is 29.3 Å². The number of nitrogens with zero attached hydrogens (tertiary/aromatic N) is 1. The number of rotatable bonds is 2. The lowest BCUT2D eigenvalue weighted by molar-refractivity contribution is 0.166. The highest BCUT2D eigenvalue weighted by Gasteiger charge is 2.30. The molecule has 1 aliphatic carbocycles. The van der Waals surface area contributed by atoms with Crippen LogP contribution in [0, 0.1) is 5.92 Å². The number of likely N-dealkylation sites (tertiary alicyclic amines) is 1. The third-order valence-corrected chi connectivity index (χ3v) is 5.70. The van der Waals surface area contributed by atoms with Gasteiger partial charge in [-0.2, -0.15) is 0 Å². The molecule has 1 aliphatic heterocycles. The van der Waals surface area contributed by atoms with E-state index in [0.29, 0.717) is 6.04 Å². The van der Waals surface area contributed by atoms with Crippen LogP contribution in [0.15, 0.2) is 24.3 Å². The Hall–Kier alpha value is -0.860. The van der Waals surface area contributed by atoms with E-state index in [4.69, 9.17) is 5.73 Å². The van der Waals surface area contributed by atoms with Crippen LogP contribution in [0.2, 0.25) is 0 Å². The van der Waals surface area contributed by atoms with Crippen molar-refractivity contribution in [1.29, 1.82) is 0 Å². The van der Waals surface area contributed by atoms with Crippen molar-refractivity contribution in [3.8, 4) is 0 Å². The molecule has 0 radical (unpaired) electrons. The van der Waals surface area contributed by atoms with Crippen molar-refractivity contribution < 1.29 is 0 Å². The third-order valence-electron chi connectivity index (χ3n) is 5.70. The van der Waals surface area contributed by atoms with E-state index >= 15 is 0 Å². The minimum Gasteiger partial charge on any atom is -0.323 e. The van der Waals surface area contributed by atoms with Crippen LogP contribution in [0.25, 0.3) is 0 Å². The Balaban J connectivity index is 1.76. The first-order valence-corrected chi connectivity index (χ1v) is 8.87. The second-order valence-corrected chi connectivity index (χ2v) is 6.93. The summed E-state index contributed by atoms with van der Waals surface area (Å²) in [4.78, 5) is 2.71. The standard InChI is InChI=1S/C19H30N2/c1-2-15-7-6-13-21(14-12-15)18-11-5-9-16-8-3-4-10-17(16)19(18)20/h3-4,8,10,15,18-19H,2,5-7,9,11-14,20H2,1H3. The Morgan fingerprint density at radius 3 is 2.81 bits per heavy atom. The van der Waals surface area contributed by atoms with Crippen LogP contribution in [-0.4, -0.2) is 24.0 Å². The first-order valence-electron chi connectivity index (χ1n) is 8.87. The highest BCUT2D eigenvalue weighted by molar-refractivity contribution is 5.32. The van der Waals surface area contributed by atoms with Crippen LogP contribution in [-0.2, 0) is 6.42 Å². The van der Waals surface area contributed by atoms with Gasteiger partial charge in [-0.3, -0.25) is 4.90 Å². The fraction of sp³-hybridized carbons (Fsp3) is 0.684. The SMILES string of the molecule is CCC1CCCN(C2CCCc3ccccc3C2N)CC1. The average Bonchev–Trinajstić information content (AvgIpc) is 2.84. The van der Waals surface area contributed by atoms with Gasteiger partial charge in [0.2, 0.25) is 0 Å². The van der Waals surface area contributed by atoms with Gasteiger partial charge in [0.05, 0.1) is 0 Å². The number of fused-ring (bicyclic) bond motifs is 1. The predicted octanol–water partition coefficient (Wildman–Crippen LogP) is 3.90. The maximum absolute atomic E-state index is 6.70. The molecule has 0 spiro atoms. The monoisotopic (exact) mass is 286 g/mol. The molecule has 2 heteroatoms. The molecule has 3 unspecified atom stereocenters. The van der Waals surface area contributed by atoms with Gasteiger partial charge < -0.3 is 5.73 Å². The van der Waals surface area contributed by atoms with E-state index in [9.17, 15) is 0 Å². The van der Waals surface area contributed by atoms with Crippen molar-refractivity contribution in [2.24, 2.45) is 11.7 Å². The molecule has 1 fully saturated rings. The van der Waals surface area contributed by atoms with Crippen LogP contribution in [0.4, 0.5) is 0 Å². The molecular formula is C19H30N2. The van der Waals surface area contributed by atoms with Gasteiger partial charge in [-0.1, -0.05) is 37.6 Å². The van der Waals surface area contributed by atoms with Gasteiger partial charge >= 0.3 is 0 Å². The number of benzene rings is 1. The molecule has 1 aromatic rings. The molecule has 2 N–H and O–H groups in total. The third kappa shape index (κ3) is 3.32. The highest BCUT2D eigenvalue weighted by atomic mass is 15.2. The highest BCUT2D eigenvalue weighted by Crippen LogP contribution is 2.32. The molecule has 3 rings (SSSR count). The van der Waals surface area contributed by atoms with Gasteiger partial charge in [0.1, 0.15) is 0 Å². The Morgan fingerprint density at radius 2 is 1.95 bits per heavy atom. The zero-order valence-electron chi connectivity index (χ0n) is 13.4. The molecule has 0 aromatic heterocycles. The van der Waals surface area contributed by atoms with Crippen molar-refractivity contribution in [2.45, 2.75) is 64.0 Å². The summed E-state index contributed by atoms with van der Waals surface area (Å²) < 4.78 is 0. The molecular weight excluding hydrogens is 256 g/mol. The van der Waals surface area contributed by atoms with E-state index in [2.05, 4.69) is 36.1 Å². The van der Waals surface area contributed by atoms with Gasteiger partial charge in [0, 0.05) is 12.1 Å². The van der Waals surface area contributed by atoms with Crippen LogP contribution in [0.5, 0.6) is 0 Å². The first-order chi connectivity index (χ1) is 10.3. The summed E-state index contributed by atoms with van der Waals surface area (Å²) in [7, 11) is 0. The maximum Gasteiger partial charge on any atom is 0.0455 e. The zero-order valence-corrected chi connectivity index (χ0v) is 13.4. The molecule has 2 aliphatic rings. The minimum absolute atomic E-state index is 0.196. The Labute approximate surface area is 129 Å². The van der Waals surface area contributed by atoms with E-state index in [1.807, 2.05) is 0 Å². The Kier molecular flexibility index (Phi) is 4.97. The number of hydrogen-bond acceptors (Lipinski definition) is 2. The summed E-state index contributed by atoms with van der Waals surface area (Å²) in [5.74, 6) is 0.935. The minimum atomic E-state index is 0.196. The van der Waals surface area contributed by atoms with Crippen LogP contribution < -0.4 is 5.73 Å². The molecule has 3 atom stereocenters. The summed E-state index contributed by atoms with van der Waals surface area (Å²) >= 11 is 0. The second-order valence-electron chi connectivity index (χ2n) is 6.93. The van der Waals surface area contributed by atoms with Gasteiger partial charge in [-0.05, 0) is 68.7 Å². The quantitative estimate of drug-likeness (QED) is 0.835. The fourth-order valence-corrected chi connectivity index (χ4v) is 4.31. The number of aryl methyl sites for hydroxylation is 1. The summed E-state index contributed by atoms with van der Waals surface area (Å²) in [6.45, 7) is 4.84. The van der Waals surface area contributed by atoms with Gasteiger partial charge in [0.15, 0.2) is 0 Å². The fourth-order valence-electron chi connectivity index (χ4n) is 4.31. The molecule has 1 aromatic carbocycles.